The molecule has 2 heterocycles. The van der Waals surface area contributed by atoms with Gasteiger partial charge in [0.1, 0.15) is 0 Å². The van der Waals surface area contributed by atoms with Crippen molar-refractivity contribution in [3.05, 3.63) is 18.3 Å². The quantitative estimate of drug-likeness (QED) is 0.807. The molecule has 0 bridgehead atoms. The highest BCUT2D eigenvalue weighted by Crippen LogP contribution is 2.24. The molecule has 6 nitrogen and oxygen atoms in total. The molecule has 2 rings (SSSR count). The van der Waals surface area contributed by atoms with Gasteiger partial charge in [-0.25, -0.2) is 13.4 Å². The van der Waals surface area contributed by atoms with Crippen LogP contribution in [0.15, 0.2) is 23.4 Å². The van der Waals surface area contributed by atoms with Crippen LogP contribution in [0.4, 0.5) is 5.69 Å². The van der Waals surface area contributed by atoms with Crippen LogP contribution in [0.25, 0.3) is 0 Å². The smallest absolute Gasteiger partial charge is 0.200 e. The van der Waals surface area contributed by atoms with Crippen molar-refractivity contribution in [3.8, 4) is 0 Å². The molecule has 0 N–H and O–H groups in total. The van der Waals surface area contributed by atoms with Gasteiger partial charge in [0.2, 0.25) is 0 Å². The first-order chi connectivity index (χ1) is 10.7. The lowest BCUT2D eigenvalue weighted by Gasteiger charge is -2.29. The maximum Gasteiger partial charge on any atom is 0.200 e. The number of hydrogen-bond donors (Lipinski definition) is 0. The first kappa shape index (κ1) is 18.2. The van der Waals surface area contributed by atoms with Crippen molar-refractivity contribution in [3.63, 3.8) is 0 Å². The topological polar surface area (TPSA) is 62.7 Å². The Hall–Kier alpha value is -1.18. The molecule has 0 amide bonds. The SMILES string of the molecule is CN(CCN1CCOCC1)c1ccc(S(=O)(=O)C(C)(C)C)nc1. The van der Waals surface area contributed by atoms with E-state index in [0.717, 1.165) is 45.1 Å². The summed E-state index contributed by atoms with van der Waals surface area (Å²) >= 11 is 0. The van der Waals surface area contributed by atoms with E-state index in [1.807, 2.05) is 13.1 Å². The summed E-state index contributed by atoms with van der Waals surface area (Å²) in [5, 5.41) is 0.135. The van der Waals surface area contributed by atoms with E-state index in [0.29, 0.717) is 0 Å². The molecule has 1 aromatic heterocycles. The van der Waals surface area contributed by atoms with Crippen molar-refractivity contribution in [2.45, 2.75) is 30.5 Å². The van der Waals surface area contributed by atoms with Crippen LogP contribution in [0.1, 0.15) is 20.8 Å². The standard InChI is InChI=1S/C16H27N3O3S/c1-16(2,3)23(20,21)15-6-5-14(13-17-15)18(4)7-8-19-9-11-22-12-10-19/h5-6,13H,7-12H2,1-4H3. The number of likely N-dealkylation sites (N-methyl/N-ethyl adjacent to an activating group) is 1. The molecule has 7 heteroatoms. The summed E-state index contributed by atoms with van der Waals surface area (Å²) in [6.45, 7) is 10.4. The summed E-state index contributed by atoms with van der Waals surface area (Å²) in [7, 11) is -1.40. The molecule has 0 aromatic carbocycles. The third-order valence-corrected chi connectivity index (χ3v) is 6.50. The molecule has 0 aliphatic carbocycles. The minimum absolute atomic E-state index is 0.135. The first-order valence-corrected chi connectivity index (χ1v) is 9.42. The Morgan fingerprint density at radius 2 is 1.91 bits per heavy atom. The fourth-order valence-electron chi connectivity index (χ4n) is 2.32. The number of aromatic nitrogens is 1. The maximum absolute atomic E-state index is 12.4. The number of sulfone groups is 1. The second-order valence-corrected chi connectivity index (χ2v) is 9.50. The Kier molecular flexibility index (Phi) is 5.65. The van der Waals surface area contributed by atoms with E-state index in [4.69, 9.17) is 4.74 Å². The molecule has 0 spiro atoms. The van der Waals surface area contributed by atoms with Crippen molar-refractivity contribution >= 4 is 15.5 Å². The van der Waals surface area contributed by atoms with Crippen LogP contribution >= 0.6 is 0 Å². The summed E-state index contributed by atoms with van der Waals surface area (Å²) in [5.41, 5.74) is 0.922. The molecule has 1 aliphatic heterocycles. The van der Waals surface area contributed by atoms with Gasteiger partial charge >= 0.3 is 0 Å². The van der Waals surface area contributed by atoms with Gasteiger partial charge in [0.15, 0.2) is 14.9 Å². The molecule has 23 heavy (non-hydrogen) atoms. The van der Waals surface area contributed by atoms with E-state index < -0.39 is 14.6 Å². The van der Waals surface area contributed by atoms with E-state index in [2.05, 4.69) is 14.8 Å². The number of ether oxygens (including phenoxy) is 1. The zero-order valence-electron chi connectivity index (χ0n) is 14.4. The molecular formula is C16H27N3O3S. The van der Waals surface area contributed by atoms with Gasteiger partial charge in [0.25, 0.3) is 0 Å². The van der Waals surface area contributed by atoms with Crippen LogP contribution in [-0.2, 0) is 14.6 Å². The lowest BCUT2D eigenvalue weighted by molar-refractivity contribution is 0.0393. The van der Waals surface area contributed by atoms with E-state index >= 15 is 0 Å². The molecule has 130 valence electrons. The number of nitrogens with zero attached hydrogens (tertiary/aromatic N) is 3. The predicted octanol–water partition coefficient (Wildman–Crippen LogP) is 1.42. The number of hydrogen-bond acceptors (Lipinski definition) is 6. The summed E-state index contributed by atoms with van der Waals surface area (Å²) in [4.78, 5) is 8.63. The third kappa shape index (κ3) is 4.43. The zero-order valence-corrected chi connectivity index (χ0v) is 15.3. The molecule has 0 saturated carbocycles. The molecule has 0 unspecified atom stereocenters. The van der Waals surface area contributed by atoms with Crippen molar-refractivity contribution in [1.29, 1.82) is 0 Å². The van der Waals surface area contributed by atoms with Gasteiger partial charge in [0, 0.05) is 33.2 Å². The average molecular weight is 341 g/mol. The summed E-state index contributed by atoms with van der Waals surface area (Å²) in [6.07, 6.45) is 1.64. The zero-order chi connectivity index (χ0) is 17.1. The van der Waals surface area contributed by atoms with E-state index in [-0.39, 0.29) is 5.03 Å². The minimum Gasteiger partial charge on any atom is -0.379 e. The average Bonchev–Trinajstić information content (AvgIpc) is 2.52. The van der Waals surface area contributed by atoms with Gasteiger partial charge < -0.3 is 9.64 Å². The summed E-state index contributed by atoms with van der Waals surface area (Å²) in [6, 6.07) is 3.42. The second-order valence-electron chi connectivity index (χ2n) is 6.85. The molecule has 0 atom stereocenters. The minimum atomic E-state index is -3.40. The number of morpholine rings is 1. The van der Waals surface area contributed by atoms with E-state index in [1.54, 1.807) is 33.0 Å². The van der Waals surface area contributed by atoms with Gasteiger partial charge in [-0.2, -0.15) is 0 Å². The number of rotatable bonds is 5. The van der Waals surface area contributed by atoms with Crippen LogP contribution in [0.2, 0.25) is 0 Å². The number of anilines is 1. The second kappa shape index (κ2) is 7.15. The Morgan fingerprint density at radius 1 is 1.26 bits per heavy atom. The highest BCUT2D eigenvalue weighted by molar-refractivity contribution is 7.92. The highest BCUT2D eigenvalue weighted by atomic mass is 32.2. The van der Waals surface area contributed by atoms with Crippen molar-refractivity contribution in [2.24, 2.45) is 0 Å². The van der Waals surface area contributed by atoms with Gasteiger partial charge in [0.05, 0.1) is 29.8 Å². The molecular weight excluding hydrogens is 314 g/mol. The largest absolute Gasteiger partial charge is 0.379 e. The van der Waals surface area contributed by atoms with Crippen LogP contribution < -0.4 is 4.90 Å². The molecule has 1 saturated heterocycles. The van der Waals surface area contributed by atoms with Crippen molar-refractivity contribution in [1.82, 2.24) is 9.88 Å². The summed E-state index contributed by atoms with van der Waals surface area (Å²) < 4.78 is 29.2. The van der Waals surface area contributed by atoms with Crippen molar-refractivity contribution < 1.29 is 13.2 Å². The van der Waals surface area contributed by atoms with Crippen molar-refractivity contribution in [2.75, 3.05) is 51.3 Å². The number of pyridine rings is 1. The predicted molar refractivity (Wildman–Crippen MR) is 91.7 cm³/mol. The van der Waals surface area contributed by atoms with E-state index in [1.165, 1.54) is 0 Å². The van der Waals surface area contributed by atoms with Gasteiger partial charge in [-0.1, -0.05) is 0 Å². The monoisotopic (exact) mass is 341 g/mol. The normalized spacial score (nSPS) is 17.2. The van der Waals surface area contributed by atoms with Gasteiger partial charge in [-0.05, 0) is 32.9 Å². The third-order valence-electron chi connectivity index (χ3n) is 4.10. The summed E-state index contributed by atoms with van der Waals surface area (Å²) in [5.74, 6) is 0. The Balaban J connectivity index is 1.98. The lowest BCUT2D eigenvalue weighted by Crippen LogP contribution is -2.40. The highest BCUT2D eigenvalue weighted by Gasteiger charge is 2.32. The Morgan fingerprint density at radius 3 is 2.43 bits per heavy atom. The lowest BCUT2D eigenvalue weighted by atomic mass is 10.3. The Bertz CT molecular complexity index is 602. The van der Waals surface area contributed by atoms with Crippen LogP contribution in [-0.4, -0.2) is 69.5 Å². The Labute approximate surface area is 139 Å². The first-order valence-electron chi connectivity index (χ1n) is 7.94. The van der Waals surface area contributed by atoms with E-state index in [9.17, 15) is 8.42 Å². The fourth-order valence-corrected chi connectivity index (χ4v) is 3.38. The molecule has 0 radical (unpaired) electrons. The fraction of sp³-hybridized carbons (Fsp3) is 0.688. The molecule has 1 aromatic rings. The molecule has 1 aliphatic rings. The van der Waals surface area contributed by atoms with Crippen LogP contribution in [0.5, 0.6) is 0 Å². The maximum atomic E-state index is 12.4. The van der Waals surface area contributed by atoms with Crippen LogP contribution in [0.3, 0.4) is 0 Å². The van der Waals surface area contributed by atoms with Gasteiger partial charge in [-0.3, -0.25) is 4.90 Å². The molecule has 1 fully saturated rings. The van der Waals surface area contributed by atoms with Gasteiger partial charge in [-0.15, -0.1) is 0 Å². The van der Waals surface area contributed by atoms with Crippen LogP contribution in [0, 0.1) is 0 Å².